The van der Waals surface area contributed by atoms with E-state index < -0.39 is 10.0 Å². The number of hydrogen-bond donors (Lipinski definition) is 1. The number of aromatic nitrogens is 1. The number of thiazole rings is 1. The average Bonchev–Trinajstić information content (AvgIpc) is 3.08. The topological polar surface area (TPSA) is 68.2 Å². The maximum atomic E-state index is 13.1. The van der Waals surface area contributed by atoms with Crippen LogP contribution in [0.1, 0.15) is 36.1 Å². The van der Waals surface area contributed by atoms with Crippen LogP contribution in [0.4, 0.5) is 0 Å². The van der Waals surface area contributed by atoms with Crippen LogP contribution in [0.15, 0.2) is 76.4 Å². The number of rotatable bonds is 7. The highest BCUT2D eigenvalue weighted by Crippen LogP contribution is 2.26. The minimum atomic E-state index is -3.77. The maximum Gasteiger partial charge on any atom is 0.308 e. The Balaban J connectivity index is 1.65. The van der Waals surface area contributed by atoms with Crippen molar-refractivity contribution in [1.29, 1.82) is 0 Å². The third kappa shape index (κ3) is 4.66. The molecule has 3 aromatic carbocycles. The Labute approximate surface area is 196 Å². The summed E-state index contributed by atoms with van der Waals surface area (Å²) in [6.07, 6.45) is 0.617. The average molecular weight is 487 g/mol. The molecule has 4 aromatic rings. The fraction of sp³-hybridized carbons (Fsp3) is 0.208. The molecule has 1 heterocycles. The van der Waals surface area contributed by atoms with Gasteiger partial charge in [-0.1, -0.05) is 77.9 Å². The fourth-order valence-electron chi connectivity index (χ4n) is 3.60. The van der Waals surface area contributed by atoms with Gasteiger partial charge in [0.2, 0.25) is 10.0 Å². The van der Waals surface area contributed by atoms with E-state index in [4.69, 9.17) is 11.6 Å². The summed E-state index contributed by atoms with van der Waals surface area (Å²) in [4.78, 5) is 12.6. The molecular weight excluding hydrogens is 464 g/mol. The molecule has 0 spiro atoms. The Morgan fingerprint density at radius 3 is 2.47 bits per heavy atom. The normalized spacial score (nSPS) is 12.8. The zero-order chi connectivity index (χ0) is 22.9. The lowest BCUT2D eigenvalue weighted by Gasteiger charge is -2.18. The maximum absolute atomic E-state index is 13.1. The van der Waals surface area contributed by atoms with Gasteiger partial charge in [0.1, 0.15) is 0 Å². The van der Waals surface area contributed by atoms with Gasteiger partial charge >= 0.3 is 4.87 Å². The van der Waals surface area contributed by atoms with Crippen LogP contribution in [0.2, 0.25) is 5.02 Å². The molecule has 0 fully saturated rings. The number of sulfonamides is 1. The quantitative estimate of drug-likeness (QED) is 0.375. The molecule has 1 aromatic heterocycles. The summed E-state index contributed by atoms with van der Waals surface area (Å²) in [6.45, 7) is 4.26. The standard InChI is InChI=1S/C24H23ClN2O3S2/c1-3-21(17-10-8-16(2)9-11-17)26-32(29,30)19-12-13-22-23(14-19)31-24(28)27(22)15-18-6-4-5-7-20(18)25/h4-14,21,26H,3,15H2,1-2H3/t21-/m1/s1. The Hall–Kier alpha value is -2.45. The van der Waals surface area contributed by atoms with Crippen LogP contribution in [0.5, 0.6) is 0 Å². The third-order valence-corrected chi connectivity index (χ3v) is 8.20. The van der Waals surface area contributed by atoms with Crippen molar-refractivity contribution in [2.24, 2.45) is 0 Å². The van der Waals surface area contributed by atoms with Crippen molar-refractivity contribution in [1.82, 2.24) is 9.29 Å². The highest BCUT2D eigenvalue weighted by molar-refractivity contribution is 7.89. The van der Waals surface area contributed by atoms with E-state index in [1.165, 1.54) is 0 Å². The van der Waals surface area contributed by atoms with E-state index in [0.29, 0.717) is 28.2 Å². The molecule has 5 nitrogen and oxygen atoms in total. The molecule has 0 saturated heterocycles. The van der Waals surface area contributed by atoms with E-state index in [1.807, 2.05) is 56.3 Å². The smallest absolute Gasteiger partial charge is 0.294 e. The second-order valence-electron chi connectivity index (χ2n) is 7.67. The van der Waals surface area contributed by atoms with E-state index in [-0.39, 0.29) is 15.8 Å². The van der Waals surface area contributed by atoms with E-state index in [0.717, 1.165) is 28.0 Å². The number of fused-ring (bicyclic) bond motifs is 1. The second kappa shape index (κ2) is 9.19. The van der Waals surface area contributed by atoms with E-state index >= 15 is 0 Å². The minimum absolute atomic E-state index is 0.140. The van der Waals surface area contributed by atoms with Gasteiger partial charge in [0.05, 0.1) is 21.7 Å². The van der Waals surface area contributed by atoms with Crippen LogP contribution in [-0.2, 0) is 16.6 Å². The van der Waals surface area contributed by atoms with Gasteiger partial charge in [-0.2, -0.15) is 0 Å². The first-order valence-corrected chi connectivity index (χ1v) is 12.9. The highest BCUT2D eigenvalue weighted by Gasteiger charge is 2.22. The van der Waals surface area contributed by atoms with E-state index in [1.54, 1.807) is 28.8 Å². The first kappa shape index (κ1) is 22.7. The zero-order valence-electron chi connectivity index (χ0n) is 17.7. The highest BCUT2D eigenvalue weighted by atomic mass is 35.5. The van der Waals surface area contributed by atoms with Crippen molar-refractivity contribution in [2.75, 3.05) is 0 Å². The second-order valence-corrected chi connectivity index (χ2v) is 10.8. The Bertz CT molecular complexity index is 1420. The molecule has 4 rings (SSSR count). The summed E-state index contributed by atoms with van der Waals surface area (Å²) in [5.41, 5.74) is 3.55. The molecule has 0 aliphatic carbocycles. The number of nitrogens with zero attached hydrogens (tertiary/aromatic N) is 1. The molecule has 0 radical (unpaired) electrons. The van der Waals surface area contributed by atoms with Crippen molar-refractivity contribution >= 4 is 43.2 Å². The summed E-state index contributed by atoms with van der Waals surface area (Å²) in [5, 5.41) is 0.587. The van der Waals surface area contributed by atoms with Gasteiger partial charge in [0.15, 0.2) is 0 Å². The Morgan fingerprint density at radius 2 is 1.78 bits per heavy atom. The van der Waals surface area contributed by atoms with E-state index in [9.17, 15) is 13.2 Å². The lowest BCUT2D eigenvalue weighted by atomic mass is 10.0. The summed E-state index contributed by atoms with van der Waals surface area (Å²) in [5.74, 6) is 0. The lowest BCUT2D eigenvalue weighted by molar-refractivity contribution is 0.550. The summed E-state index contributed by atoms with van der Waals surface area (Å²) >= 11 is 7.28. The largest absolute Gasteiger partial charge is 0.308 e. The number of hydrogen-bond acceptors (Lipinski definition) is 4. The molecule has 1 atom stereocenters. The summed E-state index contributed by atoms with van der Waals surface area (Å²) < 4.78 is 31.2. The van der Waals surface area contributed by atoms with Crippen LogP contribution in [-0.4, -0.2) is 13.0 Å². The van der Waals surface area contributed by atoms with Crippen molar-refractivity contribution in [3.63, 3.8) is 0 Å². The Morgan fingerprint density at radius 1 is 1.06 bits per heavy atom. The van der Waals surface area contributed by atoms with Crippen molar-refractivity contribution < 1.29 is 8.42 Å². The molecular formula is C24H23ClN2O3S2. The number of benzene rings is 3. The molecule has 32 heavy (non-hydrogen) atoms. The van der Waals surface area contributed by atoms with Gasteiger partial charge in [-0.25, -0.2) is 13.1 Å². The molecule has 166 valence electrons. The summed E-state index contributed by atoms with van der Waals surface area (Å²) in [6, 6.07) is 19.6. The number of nitrogens with one attached hydrogen (secondary N) is 1. The summed E-state index contributed by atoms with van der Waals surface area (Å²) in [7, 11) is -3.77. The molecule has 0 aliphatic heterocycles. The molecule has 0 amide bonds. The van der Waals surface area contributed by atoms with Gasteiger partial charge in [0, 0.05) is 11.1 Å². The van der Waals surface area contributed by atoms with Crippen LogP contribution >= 0.6 is 22.9 Å². The SMILES string of the molecule is CC[C@@H](NS(=O)(=O)c1ccc2c(c1)sc(=O)n2Cc1ccccc1Cl)c1ccc(C)cc1. The van der Waals surface area contributed by atoms with Gasteiger partial charge in [-0.05, 0) is 48.7 Å². The van der Waals surface area contributed by atoms with Crippen molar-refractivity contribution in [3.8, 4) is 0 Å². The molecule has 1 N–H and O–H groups in total. The van der Waals surface area contributed by atoms with Crippen LogP contribution in [0.25, 0.3) is 10.2 Å². The lowest BCUT2D eigenvalue weighted by Crippen LogP contribution is -2.28. The monoisotopic (exact) mass is 486 g/mol. The molecule has 8 heteroatoms. The first-order valence-electron chi connectivity index (χ1n) is 10.2. The fourth-order valence-corrected chi connectivity index (χ4v) is 6.14. The number of aryl methyl sites for hydroxylation is 1. The van der Waals surface area contributed by atoms with Gasteiger partial charge in [0.25, 0.3) is 0 Å². The van der Waals surface area contributed by atoms with Gasteiger partial charge < -0.3 is 0 Å². The van der Waals surface area contributed by atoms with Gasteiger partial charge in [-0.3, -0.25) is 9.36 Å². The zero-order valence-corrected chi connectivity index (χ0v) is 20.1. The van der Waals surface area contributed by atoms with E-state index in [2.05, 4.69) is 4.72 Å². The predicted octanol–water partition coefficient (Wildman–Crippen LogP) is 5.50. The van der Waals surface area contributed by atoms with Crippen LogP contribution in [0, 0.1) is 6.92 Å². The molecule has 0 aliphatic rings. The predicted molar refractivity (Wildman–Crippen MR) is 131 cm³/mol. The van der Waals surface area contributed by atoms with Crippen LogP contribution in [0.3, 0.4) is 0 Å². The van der Waals surface area contributed by atoms with Crippen molar-refractivity contribution in [3.05, 3.63) is 98.1 Å². The molecule has 0 bridgehead atoms. The van der Waals surface area contributed by atoms with Crippen LogP contribution < -0.4 is 9.60 Å². The third-order valence-electron chi connectivity index (χ3n) is 5.42. The molecule has 0 unspecified atom stereocenters. The molecule has 0 saturated carbocycles. The van der Waals surface area contributed by atoms with Gasteiger partial charge in [-0.15, -0.1) is 0 Å². The Kier molecular flexibility index (Phi) is 6.53. The number of halogens is 1. The van der Waals surface area contributed by atoms with Crippen molar-refractivity contribution in [2.45, 2.75) is 37.8 Å². The minimum Gasteiger partial charge on any atom is -0.294 e. The first-order chi connectivity index (χ1) is 15.3.